The van der Waals surface area contributed by atoms with Crippen molar-refractivity contribution in [2.24, 2.45) is 17.6 Å². The molecule has 3 atom stereocenters. The Bertz CT molecular complexity index is 474. The molecule has 4 heteroatoms. The zero-order chi connectivity index (χ0) is 15.4. The summed E-state index contributed by atoms with van der Waals surface area (Å²) in [6, 6.07) is 7.76. The molecule has 1 aromatic rings. The highest BCUT2D eigenvalue weighted by Gasteiger charge is 2.33. The quantitative estimate of drug-likeness (QED) is 0.923. The SMILES string of the molecule is CC(c1ccc(Cl)cc1)N(C)C(=O)C1CCCCC1CN. The van der Waals surface area contributed by atoms with Gasteiger partial charge in [0.1, 0.15) is 0 Å². The fourth-order valence-electron chi connectivity index (χ4n) is 3.23. The Labute approximate surface area is 132 Å². The van der Waals surface area contributed by atoms with Crippen LogP contribution in [0.4, 0.5) is 0 Å². The van der Waals surface area contributed by atoms with Gasteiger partial charge in [-0.2, -0.15) is 0 Å². The third kappa shape index (κ3) is 3.78. The lowest BCUT2D eigenvalue weighted by atomic mass is 9.78. The van der Waals surface area contributed by atoms with Crippen LogP contribution in [-0.2, 0) is 4.79 Å². The van der Waals surface area contributed by atoms with Gasteiger partial charge in [0.2, 0.25) is 5.91 Å². The lowest BCUT2D eigenvalue weighted by Crippen LogP contribution is -2.41. The molecule has 1 saturated carbocycles. The van der Waals surface area contributed by atoms with Gasteiger partial charge in [0.25, 0.3) is 0 Å². The molecule has 1 aromatic carbocycles. The Morgan fingerprint density at radius 1 is 1.33 bits per heavy atom. The van der Waals surface area contributed by atoms with Gasteiger partial charge in [-0.05, 0) is 49.9 Å². The molecule has 0 heterocycles. The molecule has 0 spiro atoms. The summed E-state index contributed by atoms with van der Waals surface area (Å²) in [7, 11) is 1.89. The second kappa shape index (κ2) is 7.28. The molecule has 0 radical (unpaired) electrons. The maximum atomic E-state index is 12.8. The van der Waals surface area contributed by atoms with E-state index in [-0.39, 0.29) is 17.9 Å². The highest BCUT2D eigenvalue weighted by atomic mass is 35.5. The number of rotatable bonds is 4. The predicted molar refractivity (Wildman–Crippen MR) is 87.1 cm³/mol. The van der Waals surface area contributed by atoms with Gasteiger partial charge >= 0.3 is 0 Å². The minimum Gasteiger partial charge on any atom is -0.339 e. The third-order valence-corrected chi connectivity index (χ3v) is 5.06. The maximum Gasteiger partial charge on any atom is 0.226 e. The number of halogens is 1. The zero-order valence-corrected chi connectivity index (χ0v) is 13.6. The third-order valence-electron chi connectivity index (χ3n) is 4.81. The van der Waals surface area contributed by atoms with E-state index in [4.69, 9.17) is 17.3 Å². The van der Waals surface area contributed by atoms with Crippen LogP contribution in [0.15, 0.2) is 24.3 Å². The summed E-state index contributed by atoms with van der Waals surface area (Å²) in [6.45, 7) is 2.67. The van der Waals surface area contributed by atoms with E-state index in [1.165, 1.54) is 6.42 Å². The minimum absolute atomic E-state index is 0.0510. The number of benzene rings is 1. The van der Waals surface area contributed by atoms with E-state index in [1.807, 2.05) is 36.2 Å². The van der Waals surface area contributed by atoms with Crippen molar-refractivity contribution in [2.75, 3.05) is 13.6 Å². The first-order chi connectivity index (χ1) is 10.0. The van der Waals surface area contributed by atoms with Gasteiger partial charge in [-0.3, -0.25) is 4.79 Å². The van der Waals surface area contributed by atoms with Gasteiger partial charge in [-0.25, -0.2) is 0 Å². The molecule has 116 valence electrons. The number of hydrogen-bond donors (Lipinski definition) is 1. The van der Waals surface area contributed by atoms with E-state index in [0.29, 0.717) is 12.5 Å². The first kappa shape index (κ1) is 16.3. The van der Waals surface area contributed by atoms with Crippen LogP contribution < -0.4 is 5.73 Å². The number of hydrogen-bond acceptors (Lipinski definition) is 2. The molecule has 0 bridgehead atoms. The summed E-state index contributed by atoms with van der Waals surface area (Å²) in [5.41, 5.74) is 6.96. The van der Waals surface area contributed by atoms with E-state index in [9.17, 15) is 4.79 Å². The summed E-state index contributed by atoms with van der Waals surface area (Å²) >= 11 is 5.92. The molecule has 2 rings (SSSR count). The zero-order valence-electron chi connectivity index (χ0n) is 12.9. The summed E-state index contributed by atoms with van der Waals surface area (Å²) < 4.78 is 0. The Morgan fingerprint density at radius 3 is 2.57 bits per heavy atom. The molecule has 1 aliphatic rings. The van der Waals surface area contributed by atoms with Gasteiger partial charge in [-0.1, -0.05) is 36.6 Å². The molecule has 0 aliphatic heterocycles. The highest BCUT2D eigenvalue weighted by molar-refractivity contribution is 6.30. The van der Waals surface area contributed by atoms with Gasteiger partial charge in [0.15, 0.2) is 0 Å². The summed E-state index contributed by atoms with van der Waals surface area (Å²) in [6.07, 6.45) is 4.38. The van der Waals surface area contributed by atoms with Crippen molar-refractivity contribution in [3.05, 3.63) is 34.9 Å². The maximum absolute atomic E-state index is 12.8. The van der Waals surface area contributed by atoms with Gasteiger partial charge in [-0.15, -0.1) is 0 Å². The molecule has 21 heavy (non-hydrogen) atoms. The molecular weight excluding hydrogens is 284 g/mol. The Kier molecular flexibility index (Phi) is 5.65. The van der Waals surface area contributed by atoms with Gasteiger partial charge < -0.3 is 10.6 Å². The van der Waals surface area contributed by atoms with Crippen molar-refractivity contribution >= 4 is 17.5 Å². The lowest BCUT2D eigenvalue weighted by molar-refractivity contribution is -0.139. The van der Waals surface area contributed by atoms with Crippen LogP contribution in [0.2, 0.25) is 5.02 Å². The average Bonchev–Trinajstić information content (AvgIpc) is 2.53. The van der Waals surface area contributed by atoms with Crippen LogP contribution in [0.1, 0.15) is 44.2 Å². The normalized spacial score (nSPS) is 23.6. The topological polar surface area (TPSA) is 46.3 Å². The molecule has 3 unspecified atom stereocenters. The van der Waals surface area contributed by atoms with Crippen LogP contribution >= 0.6 is 11.6 Å². The van der Waals surface area contributed by atoms with Crippen molar-refractivity contribution < 1.29 is 4.79 Å². The lowest BCUT2D eigenvalue weighted by Gasteiger charge is -2.35. The summed E-state index contributed by atoms with van der Waals surface area (Å²) in [5, 5.41) is 0.718. The fourth-order valence-corrected chi connectivity index (χ4v) is 3.36. The van der Waals surface area contributed by atoms with E-state index in [0.717, 1.165) is 29.8 Å². The van der Waals surface area contributed by atoms with E-state index in [2.05, 4.69) is 6.92 Å². The van der Waals surface area contributed by atoms with Crippen molar-refractivity contribution in [3.8, 4) is 0 Å². The molecule has 0 saturated heterocycles. The van der Waals surface area contributed by atoms with Crippen LogP contribution in [0.3, 0.4) is 0 Å². The van der Waals surface area contributed by atoms with Crippen molar-refractivity contribution in [3.63, 3.8) is 0 Å². The fraction of sp³-hybridized carbons (Fsp3) is 0.588. The molecule has 1 amide bonds. The van der Waals surface area contributed by atoms with Crippen LogP contribution in [-0.4, -0.2) is 24.4 Å². The first-order valence-corrected chi connectivity index (χ1v) is 8.14. The Balaban J connectivity index is 2.08. The monoisotopic (exact) mass is 308 g/mol. The summed E-state index contributed by atoms with van der Waals surface area (Å²) in [5.74, 6) is 0.655. The van der Waals surface area contributed by atoms with E-state index < -0.39 is 0 Å². The summed E-state index contributed by atoms with van der Waals surface area (Å²) in [4.78, 5) is 14.7. The molecule has 1 fully saturated rings. The molecular formula is C17H25ClN2O. The molecule has 1 aliphatic carbocycles. The van der Waals surface area contributed by atoms with Crippen molar-refractivity contribution in [2.45, 2.75) is 38.6 Å². The number of amides is 1. The van der Waals surface area contributed by atoms with Crippen LogP contribution in [0.25, 0.3) is 0 Å². The predicted octanol–water partition coefficient (Wildman–Crippen LogP) is 3.62. The molecule has 0 aromatic heterocycles. The van der Waals surface area contributed by atoms with E-state index >= 15 is 0 Å². The van der Waals surface area contributed by atoms with Gasteiger partial charge in [0.05, 0.1) is 6.04 Å². The van der Waals surface area contributed by atoms with Crippen LogP contribution in [0.5, 0.6) is 0 Å². The highest BCUT2D eigenvalue weighted by Crippen LogP contribution is 2.32. The van der Waals surface area contributed by atoms with Crippen LogP contribution in [0, 0.1) is 11.8 Å². The average molecular weight is 309 g/mol. The molecule has 2 N–H and O–H groups in total. The van der Waals surface area contributed by atoms with Crippen molar-refractivity contribution in [1.29, 1.82) is 0 Å². The number of carbonyl (C=O) groups is 1. The van der Waals surface area contributed by atoms with E-state index in [1.54, 1.807) is 0 Å². The minimum atomic E-state index is 0.0510. The van der Waals surface area contributed by atoms with Crippen molar-refractivity contribution in [1.82, 2.24) is 4.90 Å². The second-order valence-corrected chi connectivity index (χ2v) is 6.50. The molecule has 3 nitrogen and oxygen atoms in total. The standard InChI is InChI=1S/C17H25ClN2O/c1-12(13-7-9-15(18)10-8-13)20(2)17(21)16-6-4-3-5-14(16)11-19/h7-10,12,14,16H,3-6,11,19H2,1-2H3. The number of nitrogens with zero attached hydrogens (tertiary/aromatic N) is 1. The smallest absolute Gasteiger partial charge is 0.226 e. The largest absolute Gasteiger partial charge is 0.339 e. The number of nitrogens with two attached hydrogens (primary N) is 1. The first-order valence-electron chi connectivity index (χ1n) is 7.76. The Morgan fingerprint density at radius 2 is 1.95 bits per heavy atom. The number of carbonyl (C=O) groups excluding carboxylic acids is 1. The second-order valence-electron chi connectivity index (χ2n) is 6.06. The Hall–Kier alpha value is -1.06. The van der Waals surface area contributed by atoms with Gasteiger partial charge in [0, 0.05) is 18.0 Å².